The van der Waals surface area contributed by atoms with Crippen LogP contribution in [-0.4, -0.2) is 35.8 Å². The Hall–Kier alpha value is -3.39. The van der Waals surface area contributed by atoms with Crippen LogP contribution in [0, 0.1) is 6.92 Å². The maximum Gasteiger partial charge on any atom is 0.321 e. The van der Waals surface area contributed by atoms with Crippen LogP contribution in [0.25, 0.3) is 6.08 Å². The zero-order valence-electron chi connectivity index (χ0n) is 18.5. The lowest BCUT2D eigenvalue weighted by atomic mass is 10.0. The smallest absolute Gasteiger partial charge is 0.321 e. The molecule has 0 bridgehead atoms. The number of thioether (sulfide) groups is 1. The SMILES string of the molecule is CNC(=O)NC(=O)CSC1=N/C(=C\c2ccc(C(C)C)cc2)C(=O)N1c1ccc(C)cc1. The number of anilines is 1. The Bertz CT molecular complexity index is 1070. The number of aryl methyl sites for hydroxylation is 1. The van der Waals surface area contributed by atoms with Crippen molar-refractivity contribution in [3.63, 3.8) is 0 Å². The van der Waals surface area contributed by atoms with Crippen molar-refractivity contribution in [1.29, 1.82) is 0 Å². The van der Waals surface area contributed by atoms with Crippen LogP contribution in [-0.2, 0) is 9.59 Å². The van der Waals surface area contributed by atoms with Gasteiger partial charge in [0.05, 0.1) is 11.4 Å². The number of carbonyl (C=O) groups excluding carboxylic acids is 3. The van der Waals surface area contributed by atoms with E-state index in [2.05, 4.69) is 29.5 Å². The lowest BCUT2D eigenvalue weighted by molar-refractivity contribution is -0.117. The average Bonchev–Trinajstić information content (AvgIpc) is 3.08. The summed E-state index contributed by atoms with van der Waals surface area (Å²) >= 11 is 1.10. The number of nitrogens with one attached hydrogen (secondary N) is 2. The lowest BCUT2D eigenvalue weighted by Gasteiger charge is -2.17. The van der Waals surface area contributed by atoms with Gasteiger partial charge in [-0.25, -0.2) is 9.79 Å². The van der Waals surface area contributed by atoms with Crippen molar-refractivity contribution in [1.82, 2.24) is 10.6 Å². The van der Waals surface area contributed by atoms with Crippen molar-refractivity contribution in [2.24, 2.45) is 4.99 Å². The van der Waals surface area contributed by atoms with Crippen LogP contribution in [0.2, 0.25) is 0 Å². The second kappa shape index (κ2) is 10.3. The summed E-state index contributed by atoms with van der Waals surface area (Å²) in [7, 11) is 1.43. The first-order valence-corrected chi connectivity index (χ1v) is 11.2. The van der Waals surface area contributed by atoms with Crippen molar-refractivity contribution in [3.8, 4) is 0 Å². The van der Waals surface area contributed by atoms with E-state index in [9.17, 15) is 14.4 Å². The molecule has 0 atom stereocenters. The molecule has 0 fully saturated rings. The van der Waals surface area contributed by atoms with Crippen molar-refractivity contribution in [2.75, 3.05) is 17.7 Å². The molecule has 0 unspecified atom stereocenters. The average molecular weight is 451 g/mol. The molecule has 2 aromatic carbocycles. The highest BCUT2D eigenvalue weighted by Crippen LogP contribution is 2.29. The fraction of sp³-hybridized carbons (Fsp3) is 0.250. The standard InChI is InChI=1S/C24H26N4O3S/c1-15(2)18-9-7-17(8-10-18)13-20-22(30)28(19-11-5-16(3)6-12-19)24(26-20)32-14-21(29)27-23(31)25-4/h5-13,15H,14H2,1-4H3,(H2,25,27,29,31)/b20-13-. The van der Waals surface area contributed by atoms with E-state index in [4.69, 9.17) is 0 Å². The highest BCUT2D eigenvalue weighted by Gasteiger charge is 2.32. The van der Waals surface area contributed by atoms with Gasteiger partial charge in [-0.2, -0.15) is 0 Å². The number of amides is 4. The highest BCUT2D eigenvalue weighted by atomic mass is 32.2. The molecule has 0 spiro atoms. The van der Waals surface area contributed by atoms with Crippen LogP contribution in [0.15, 0.2) is 59.2 Å². The number of benzene rings is 2. The zero-order valence-corrected chi connectivity index (χ0v) is 19.3. The Kier molecular flexibility index (Phi) is 7.48. The second-order valence-electron chi connectivity index (χ2n) is 7.64. The first kappa shape index (κ1) is 23.3. The van der Waals surface area contributed by atoms with Crippen LogP contribution < -0.4 is 15.5 Å². The summed E-state index contributed by atoms with van der Waals surface area (Å²) < 4.78 is 0. The van der Waals surface area contributed by atoms with E-state index in [1.165, 1.54) is 17.5 Å². The molecule has 7 nitrogen and oxygen atoms in total. The summed E-state index contributed by atoms with van der Waals surface area (Å²) in [5.41, 5.74) is 4.11. The van der Waals surface area contributed by atoms with E-state index in [1.54, 1.807) is 6.08 Å². The van der Waals surface area contributed by atoms with Crippen molar-refractivity contribution in [3.05, 3.63) is 70.9 Å². The van der Waals surface area contributed by atoms with Crippen molar-refractivity contribution < 1.29 is 14.4 Å². The molecule has 2 aromatic rings. The van der Waals surface area contributed by atoms with Gasteiger partial charge in [0.2, 0.25) is 5.91 Å². The third-order valence-electron chi connectivity index (χ3n) is 4.84. The minimum Gasteiger partial charge on any atom is -0.341 e. The molecule has 1 heterocycles. The molecule has 32 heavy (non-hydrogen) atoms. The van der Waals surface area contributed by atoms with Gasteiger partial charge >= 0.3 is 6.03 Å². The first-order chi connectivity index (χ1) is 15.3. The van der Waals surface area contributed by atoms with Gasteiger partial charge in [-0.15, -0.1) is 0 Å². The van der Waals surface area contributed by atoms with Crippen LogP contribution >= 0.6 is 11.8 Å². The second-order valence-corrected chi connectivity index (χ2v) is 8.58. The molecule has 1 aliphatic rings. The summed E-state index contributed by atoms with van der Waals surface area (Å²) in [6, 6.07) is 14.9. The summed E-state index contributed by atoms with van der Waals surface area (Å²) in [4.78, 5) is 42.6. The van der Waals surface area contributed by atoms with E-state index in [-0.39, 0.29) is 17.4 Å². The molecule has 3 rings (SSSR count). The molecule has 0 aliphatic carbocycles. The summed E-state index contributed by atoms with van der Waals surface area (Å²) in [5.74, 6) is -0.381. The Morgan fingerprint density at radius 3 is 2.34 bits per heavy atom. The zero-order chi connectivity index (χ0) is 23.3. The van der Waals surface area contributed by atoms with Gasteiger partial charge in [-0.05, 0) is 42.2 Å². The molecule has 0 aromatic heterocycles. The Morgan fingerprint density at radius 2 is 1.75 bits per heavy atom. The van der Waals surface area contributed by atoms with Gasteiger partial charge < -0.3 is 5.32 Å². The van der Waals surface area contributed by atoms with Crippen molar-refractivity contribution >= 4 is 46.5 Å². The van der Waals surface area contributed by atoms with E-state index in [0.717, 1.165) is 22.9 Å². The molecule has 4 amide bonds. The maximum absolute atomic E-state index is 13.2. The monoisotopic (exact) mass is 450 g/mol. The number of rotatable bonds is 5. The number of carbonyl (C=O) groups is 3. The third kappa shape index (κ3) is 5.64. The van der Waals surface area contributed by atoms with Crippen LogP contribution in [0.1, 0.15) is 36.5 Å². The molecule has 0 saturated heterocycles. The Balaban J connectivity index is 1.87. The number of hydrogen-bond donors (Lipinski definition) is 2. The summed E-state index contributed by atoms with van der Waals surface area (Å²) in [6.07, 6.45) is 1.74. The third-order valence-corrected chi connectivity index (χ3v) is 5.78. The van der Waals surface area contributed by atoms with Gasteiger partial charge in [-0.1, -0.05) is 67.6 Å². The largest absolute Gasteiger partial charge is 0.341 e. The molecule has 1 aliphatic heterocycles. The lowest BCUT2D eigenvalue weighted by Crippen LogP contribution is -2.39. The normalized spacial score (nSPS) is 14.7. The van der Waals surface area contributed by atoms with Gasteiger partial charge in [0.15, 0.2) is 5.17 Å². The predicted octanol–water partition coefficient (Wildman–Crippen LogP) is 4.05. The fourth-order valence-corrected chi connectivity index (χ4v) is 3.82. The number of aliphatic imine (C=N–C) groups is 1. The number of nitrogens with zero attached hydrogens (tertiary/aromatic N) is 2. The topological polar surface area (TPSA) is 90.9 Å². The molecule has 0 radical (unpaired) electrons. The van der Waals surface area contributed by atoms with E-state index in [1.807, 2.05) is 55.5 Å². The molecule has 0 saturated carbocycles. The Labute approximate surface area is 192 Å². The minimum atomic E-state index is -0.583. The van der Waals surface area contributed by atoms with Crippen LogP contribution in [0.4, 0.5) is 10.5 Å². The Morgan fingerprint density at radius 1 is 1.09 bits per heavy atom. The van der Waals surface area contributed by atoms with E-state index in [0.29, 0.717) is 16.8 Å². The van der Waals surface area contributed by atoms with Gasteiger partial charge in [0, 0.05) is 7.05 Å². The fourth-order valence-electron chi connectivity index (χ4n) is 3.00. The number of urea groups is 1. The minimum absolute atomic E-state index is 0.0573. The number of imide groups is 1. The number of hydrogen-bond acceptors (Lipinski definition) is 5. The molecule has 166 valence electrons. The molecular weight excluding hydrogens is 424 g/mol. The quantitative estimate of drug-likeness (QED) is 0.673. The van der Waals surface area contributed by atoms with Gasteiger partial charge in [-0.3, -0.25) is 19.8 Å². The summed E-state index contributed by atoms with van der Waals surface area (Å²) in [5, 5.41) is 4.93. The van der Waals surface area contributed by atoms with Gasteiger partial charge in [0.1, 0.15) is 5.70 Å². The molecule has 2 N–H and O–H groups in total. The number of amidine groups is 1. The molecular formula is C24H26N4O3S. The maximum atomic E-state index is 13.2. The first-order valence-electron chi connectivity index (χ1n) is 10.2. The van der Waals surface area contributed by atoms with Crippen LogP contribution in [0.3, 0.4) is 0 Å². The highest BCUT2D eigenvalue weighted by molar-refractivity contribution is 8.14. The van der Waals surface area contributed by atoms with Crippen LogP contribution in [0.5, 0.6) is 0 Å². The van der Waals surface area contributed by atoms with E-state index < -0.39 is 11.9 Å². The van der Waals surface area contributed by atoms with Crippen molar-refractivity contribution in [2.45, 2.75) is 26.7 Å². The van der Waals surface area contributed by atoms with E-state index >= 15 is 0 Å². The van der Waals surface area contributed by atoms with Gasteiger partial charge in [0.25, 0.3) is 5.91 Å². The summed E-state index contributed by atoms with van der Waals surface area (Å²) in [6.45, 7) is 6.22. The molecule has 8 heteroatoms. The predicted molar refractivity (Wildman–Crippen MR) is 130 cm³/mol.